The zero-order valence-electron chi connectivity index (χ0n) is 19.5. The van der Waals surface area contributed by atoms with E-state index in [0.29, 0.717) is 0 Å². The molecule has 1 aliphatic heterocycles. The first-order valence-corrected chi connectivity index (χ1v) is 7.08. The summed E-state index contributed by atoms with van der Waals surface area (Å²) in [5, 5.41) is 0.221. The summed E-state index contributed by atoms with van der Waals surface area (Å²) in [6, 6.07) is -1.35. The van der Waals surface area contributed by atoms with E-state index < -0.39 is 37.8 Å². The van der Waals surface area contributed by atoms with Crippen molar-refractivity contribution in [1.82, 2.24) is 19.9 Å². The fraction of sp³-hybridized carbons (Fsp3) is 0.500. The van der Waals surface area contributed by atoms with Gasteiger partial charge in [0.25, 0.3) is 6.54 Å². The van der Waals surface area contributed by atoms with E-state index in [1.807, 2.05) is 0 Å². The Morgan fingerprint density at radius 1 is 1.74 bits per heavy atom. The molecule has 1 N–H and O–H groups in total. The fourth-order valence-corrected chi connectivity index (χ4v) is 2.59. The minimum Gasteiger partial charge on any atom is -0.354 e. The van der Waals surface area contributed by atoms with Crippen LogP contribution in [0.2, 0.25) is 0 Å². The van der Waals surface area contributed by atoms with Crippen molar-refractivity contribution in [2.45, 2.75) is 19.3 Å². The van der Waals surface area contributed by atoms with Gasteiger partial charge < -0.3 is 19.6 Å². The van der Waals surface area contributed by atoms with Gasteiger partial charge in [0, 0.05) is 30.4 Å². The topological polar surface area (TPSA) is 69.5 Å². The van der Waals surface area contributed by atoms with Gasteiger partial charge >= 0.3 is 5.91 Å². The zero-order valence-corrected chi connectivity index (χ0v) is 12.5. The van der Waals surface area contributed by atoms with Gasteiger partial charge in [0.2, 0.25) is 0 Å². The Balaban J connectivity index is 2.16. The molecule has 0 saturated carbocycles. The number of aromatic nitrogens is 3. The third kappa shape index (κ3) is 2.84. The number of hydrogen-bond donors (Lipinski definition) is 1. The third-order valence-corrected chi connectivity index (χ3v) is 3.80. The molecule has 1 fully saturated rings. The Hall–Kier alpha value is -2.62. The number of piperidine rings is 1. The summed E-state index contributed by atoms with van der Waals surface area (Å²) in [5.41, 5.74) is 0.199. The molecule has 0 spiro atoms. The van der Waals surface area contributed by atoms with Crippen LogP contribution >= 0.6 is 0 Å². The number of likely N-dealkylation sites (tertiary alicyclic amines) is 1. The van der Waals surface area contributed by atoms with Crippen LogP contribution < -0.4 is 4.90 Å². The van der Waals surface area contributed by atoms with E-state index >= 15 is 0 Å². The van der Waals surface area contributed by atoms with E-state index in [2.05, 4.69) is 19.8 Å². The van der Waals surface area contributed by atoms with Crippen LogP contribution in [0.3, 0.4) is 0 Å². The molecular formula is C16H20N6O. The average molecular weight is 319 g/mol. The molecule has 1 amide bonds. The SMILES string of the molecule is [2H]c1nc(N(C)[C@@H]2[C@H](C([2H])([2H])[2H])CCN(C(=O)C[N+]#[C-])C2([2H])[2H])c2c([2H])c[nH]c2n1. The molecule has 2 aromatic rings. The van der Waals surface area contributed by atoms with Crippen LogP contribution in [0.4, 0.5) is 5.82 Å². The first-order chi connectivity index (χ1) is 13.9. The lowest BCUT2D eigenvalue weighted by atomic mass is 9.92. The number of nitrogens with one attached hydrogen (secondary N) is 1. The Bertz CT molecular complexity index is 1010. The number of amides is 1. The highest BCUT2D eigenvalue weighted by atomic mass is 16.2. The van der Waals surface area contributed by atoms with Gasteiger partial charge in [-0.1, -0.05) is 6.85 Å². The van der Waals surface area contributed by atoms with E-state index in [1.165, 1.54) is 18.1 Å². The summed E-state index contributed by atoms with van der Waals surface area (Å²) in [6.07, 6.45) is 0.963. The normalized spacial score (nSPS) is 28.3. The van der Waals surface area contributed by atoms with Crippen molar-refractivity contribution in [3.05, 3.63) is 30.0 Å². The summed E-state index contributed by atoms with van der Waals surface area (Å²) in [5.74, 6) is -1.85. The van der Waals surface area contributed by atoms with Crippen LogP contribution in [0.15, 0.2) is 18.5 Å². The number of aromatic amines is 1. The number of anilines is 1. The molecule has 0 radical (unpaired) electrons. The summed E-state index contributed by atoms with van der Waals surface area (Å²) in [7, 11) is 1.43. The number of hydrogen-bond acceptors (Lipinski definition) is 4. The summed E-state index contributed by atoms with van der Waals surface area (Å²) >= 11 is 0. The van der Waals surface area contributed by atoms with Gasteiger partial charge in [-0.3, -0.25) is 4.79 Å². The smallest absolute Gasteiger partial charge is 0.302 e. The molecule has 2 aromatic heterocycles. The van der Waals surface area contributed by atoms with Crippen molar-refractivity contribution < 1.29 is 14.4 Å². The maximum atomic E-state index is 12.4. The quantitative estimate of drug-likeness (QED) is 0.872. The van der Waals surface area contributed by atoms with E-state index in [-0.39, 0.29) is 42.2 Å². The number of fused-ring (bicyclic) bond motifs is 1. The molecule has 7 heteroatoms. The highest BCUT2D eigenvalue weighted by molar-refractivity contribution is 5.87. The van der Waals surface area contributed by atoms with Gasteiger partial charge in [0.1, 0.15) is 19.1 Å². The molecule has 3 rings (SSSR count). The summed E-state index contributed by atoms with van der Waals surface area (Å²) < 4.78 is 57.0. The second-order valence-corrected chi connectivity index (χ2v) is 5.25. The number of rotatable bonds is 3. The maximum Gasteiger partial charge on any atom is 0.302 e. The lowest BCUT2D eigenvalue weighted by Crippen LogP contribution is -2.53. The molecule has 0 aromatic carbocycles. The van der Waals surface area contributed by atoms with Gasteiger partial charge in [-0.05, 0) is 18.4 Å². The Labute approximate surface area is 145 Å². The van der Waals surface area contributed by atoms with Gasteiger partial charge in [-0.25, -0.2) is 16.5 Å². The fourth-order valence-electron chi connectivity index (χ4n) is 2.59. The average Bonchev–Trinajstić information content (AvgIpc) is 2.99. The van der Waals surface area contributed by atoms with Crippen LogP contribution in [-0.2, 0) is 4.79 Å². The first kappa shape index (κ1) is 8.87. The molecule has 1 aliphatic rings. The highest BCUT2D eigenvalue weighted by Crippen LogP contribution is 2.28. The Kier molecular flexibility index (Phi) is 2.41. The number of likely N-dealkylation sites (N-methyl/N-ethyl adjacent to an activating group) is 1. The lowest BCUT2D eigenvalue weighted by molar-refractivity contribution is -0.130. The number of carbonyl (C=O) groups is 1. The van der Waals surface area contributed by atoms with Crippen molar-refractivity contribution in [1.29, 1.82) is 0 Å². The summed E-state index contributed by atoms with van der Waals surface area (Å²) in [4.78, 5) is 28.3. The highest BCUT2D eigenvalue weighted by Gasteiger charge is 2.33. The van der Waals surface area contributed by atoms with E-state index in [4.69, 9.17) is 16.2 Å². The van der Waals surface area contributed by atoms with Crippen LogP contribution in [0, 0.1) is 12.5 Å². The molecule has 3 heterocycles. The lowest BCUT2D eigenvalue weighted by Gasteiger charge is -2.41. The monoisotopic (exact) mass is 319 g/mol. The van der Waals surface area contributed by atoms with Crippen molar-refractivity contribution >= 4 is 22.8 Å². The molecule has 0 aliphatic carbocycles. The second-order valence-electron chi connectivity index (χ2n) is 5.25. The largest absolute Gasteiger partial charge is 0.354 e. The number of H-pyrrole nitrogens is 1. The summed E-state index contributed by atoms with van der Waals surface area (Å²) in [6.45, 7) is 1.26. The van der Waals surface area contributed by atoms with Crippen LogP contribution in [0.25, 0.3) is 15.9 Å². The molecule has 2 atom stereocenters. The number of nitrogens with zero attached hydrogens (tertiary/aromatic N) is 5. The van der Waals surface area contributed by atoms with Crippen molar-refractivity contribution in [3.63, 3.8) is 0 Å². The molecule has 120 valence electrons. The zero-order chi connectivity index (χ0) is 22.4. The van der Waals surface area contributed by atoms with Crippen LogP contribution in [0.5, 0.6) is 0 Å². The predicted octanol–water partition coefficient (Wildman–Crippen LogP) is 1.55. The molecule has 0 bridgehead atoms. The predicted molar refractivity (Wildman–Crippen MR) is 87.9 cm³/mol. The molecule has 7 nitrogen and oxygen atoms in total. The first-order valence-electron chi connectivity index (χ1n) is 10.6. The minimum atomic E-state index is -2.53. The third-order valence-electron chi connectivity index (χ3n) is 3.80. The maximum absolute atomic E-state index is 12.4. The molecule has 23 heavy (non-hydrogen) atoms. The standard InChI is InChI=1S/C16H20N6O/c1-11-5-7-22(14(23)8-17-2)9-13(11)21(3)16-12-4-6-18-15(12)19-10-20-16/h4,6,10-11,13H,5,7-9H2,1,3H3,(H,18,19,20)/t11-,13+/m1/s1/i1D3,4D,9D2,10D. The minimum absolute atomic E-state index is 0.00240. The van der Waals surface area contributed by atoms with Gasteiger partial charge in [-0.15, -0.1) is 0 Å². The van der Waals surface area contributed by atoms with Crippen molar-refractivity contribution in [2.75, 3.05) is 31.5 Å². The molecular weight excluding hydrogens is 292 g/mol. The molecule has 1 saturated heterocycles. The Morgan fingerprint density at radius 3 is 3.39 bits per heavy atom. The van der Waals surface area contributed by atoms with E-state index in [0.717, 1.165) is 4.90 Å². The van der Waals surface area contributed by atoms with Gasteiger partial charge in [-0.2, -0.15) is 0 Å². The van der Waals surface area contributed by atoms with Crippen LogP contribution in [0.1, 0.15) is 22.9 Å². The van der Waals surface area contributed by atoms with Crippen molar-refractivity contribution in [3.8, 4) is 0 Å². The van der Waals surface area contributed by atoms with E-state index in [9.17, 15) is 4.79 Å². The Morgan fingerprint density at radius 2 is 2.61 bits per heavy atom. The van der Waals surface area contributed by atoms with Gasteiger partial charge in [0.05, 0.1) is 15.5 Å². The van der Waals surface area contributed by atoms with Crippen molar-refractivity contribution in [2.24, 2.45) is 5.92 Å². The number of carbonyl (C=O) groups excluding carboxylic acids is 1. The second kappa shape index (κ2) is 6.24. The van der Waals surface area contributed by atoms with Crippen LogP contribution in [-0.4, -0.2) is 58.4 Å². The molecule has 0 unspecified atom stereocenters. The van der Waals surface area contributed by atoms with E-state index in [1.54, 1.807) is 0 Å². The van der Waals surface area contributed by atoms with Gasteiger partial charge in [0.15, 0.2) is 0 Å².